The molecular formula is C21H31N3O6. The molecule has 1 aliphatic heterocycles. The Hall–Kier alpha value is -2.84. The van der Waals surface area contributed by atoms with E-state index in [-0.39, 0.29) is 24.3 Å². The molecule has 0 aliphatic carbocycles. The molecule has 0 saturated carbocycles. The van der Waals surface area contributed by atoms with Gasteiger partial charge in [0, 0.05) is 44.0 Å². The maximum absolute atomic E-state index is 12.3. The number of esters is 1. The number of anilines is 1. The van der Waals surface area contributed by atoms with Gasteiger partial charge in [-0.15, -0.1) is 0 Å². The van der Waals surface area contributed by atoms with Gasteiger partial charge in [-0.05, 0) is 45.7 Å². The molecule has 0 spiro atoms. The molecule has 9 nitrogen and oxygen atoms in total. The molecule has 1 heterocycles. The molecule has 1 fully saturated rings. The monoisotopic (exact) mass is 421 g/mol. The average Bonchev–Trinajstić information content (AvgIpc) is 2.66. The molecular weight excluding hydrogens is 390 g/mol. The van der Waals surface area contributed by atoms with Crippen LogP contribution >= 0.6 is 0 Å². The van der Waals surface area contributed by atoms with E-state index in [0.717, 1.165) is 5.69 Å². The quantitative estimate of drug-likeness (QED) is 0.393. The van der Waals surface area contributed by atoms with Gasteiger partial charge in [0.15, 0.2) is 0 Å². The van der Waals surface area contributed by atoms with Gasteiger partial charge in [-0.3, -0.25) is 14.9 Å². The van der Waals surface area contributed by atoms with E-state index in [1.165, 1.54) is 12.1 Å². The van der Waals surface area contributed by atoms with Crippen LogP contribution in [0.5, 0.6) is 0 Å². The summed E-state index contributed by atoms with van der Waals surface area (Å²) in [5, 5.41) is 11.2. The molecule has 1 aromatic rings. The minimum absolute atomic E-state index is 0.0480. The summed E-state index contributed by atoms with van der Waals surface area (Å²) in [5.74, 6) is -0.418. The lowest BCUT2D eigenvalue weighted by atomic mass is 10.1. The third-order valence-electron chi connectivity index (χ3n) is 4.79. The highest BCUT2D eigenvalue weighted by Crippen LogP contribution is 2.28. The van der Waals surface area contributed by atoms with Crippen LogP contribution in [0.4, 0.5) is 16.2 Å². The zero-order valence-electron chi connectivity index (χ0n) is 18.3. The lowest BCUT2D eigenvalue weighted by Crippen LogP contribution is -2.50. The lowest BCUT2D eigenvalue weighted by Gasteiger charge is -2.37. The average molecular weight is 421 g/mol. The predicted octanol–water partition coefficient (Wildman–Crippen LogP) is 3.54. The van der Waals surface area contributed by atoms with E-state index in [0.29, 0.717) is 38.2 Å². The maximum atomic E-state index is 12.3. The molecule has 9 heteroatoms. The molecule has 1 unspecified atom stereocenters. The van der Waals surface area contributed by atoms with Gasteiger partial charge >= 0.3 is 12.1 Å². The van der Waals surface area contributed by atoms with Crippen molar-refractivity contribution in [1.29, 1.82) is 0 Å². The second-order valence-corrected chi connectivity index (χ2v) is 8.41. The van der Waals surface area contributed by atoms with Crippen molar-refractivity contribution in [2.75, 3.05) is 31.1 Å². The number of benzene rings is 1. The fraction of sp³-hybridized carbons (Fsp3) is 0.619. The van der Waals surface area contributed by atoms with Gasteiger partial charge in [-0.1, -0.05) is 6.92 Å². The first kappa shape index (κ1) is 23.4. The van der Waals surface area contributed by atoms with Crippen molar-refractivity contribution >= 4 is 23.4 Å². The standard InChI is InChI=1S/C21H31N3O6/c1-6-15(2)29-19(25)14-16-13-17(24(27)28)7-8-18(16)22-9-11-23(12-10-22)20(26)30-21(3,4)5/h7-8,13,15H,6,9-12,14H2,1-5H3. The van der Waals surface area contributed by atoms with Crippen LogP contribution in [0.3, 0.4) is 0 Å². The Bertz CT molecular complexity index is 781. The highest BCUT2D eigenvalue weighted by molar-refractivity contribution is 5.76. The fourth-order valence-electron chi connectivity index (χ4n) is 3.10. The van der Waals surface area contributed by atoms with Crippen LogP contribution in [-0.2, 0) is 20.7 Å². The molecule has 30 heavy (non-hydrogen) atoms. The first-order valence-electron chi connectivity index (χ1n) is 10.2. The first-order chi connectivity index (χ1) is 14.0. The van der Waals surface area contributed by atoms with Crippen molar-refractivity contribution in [2.45, 2.75) is 59.2 Å². The summed E-state index contributed by atoms with van der Waals surface area (Å²) in [7, 11) is 0. The number of carbonyl (C=O) groups excluding carboxylic acids is 2. The van der Waals surface area contributed by atoms with Gasteiger partial charge < -0.3 is 19.3 Å². The molecule has 1 saturated heterocycles. The molecule has 166 valence electrons. The summed E-state index contributed by atoms with van der Waals surface area (Å²) in [5.41, 5.74) is 0.654. The van der Waals surface area contributed by atoms with Crippen LogP contribution in [-0.4, -0.2) is 59.8 Å². The number of hydrogen-bond donors (Lipinski definition) is 0. The summed E-state index contributed by atoms with van der Waals surface area (Å²) >= 11 is 0. The van der Waals surface area contributed by atoms with Gasteiger partial charge in [0.1, 0.15) is 5.60 Å². The van der Waals surface area contributed by atoms with Crippen LogP contribution in [0, 0.1) is 10.1 Å². The third kappa shape index (κ3) is 6.60. The zero-order chi connectivity index (χ0) is 22.5. The van der Waals surface area contributed by atoms with Gasteiger partial charge in [0.25, 0.3) is 5.69 Å². The number of amides is 1. The minimum atomic E-state index is -0.560. The Morgan fingerprint density at radius 3 is 2.37 bits per heavy atom. The van der Waals surface area contributed by atoms with Crippen molar-refractivity contribution < 1.29 is 24.0 Å². The minimum Gasteiger partial charge on any atom is -0.462 e. The van der Waals surface area contributed by atoms with E-state index in [4.69, 9.17) is 9.47 Å². The summed E-state index contributed by atoms with van der Waals surface area (Å²) in [6.45, 7) is 11.2. The number of ether oxygens (including phenoxy) is 2. The van der Waals surface area contributed by atoms with E-state index in [1.54, 1.807) is 11.0 Å². The highest BCUT2D eigenvalue weighted by Gasteiger charge is 2.27. The molecule has 2 rings (SSSR count). The van der Waals surface area contributed by atoms with Crippen LogP contribution < -0.4 is 4.90 Å². The van der Waals surface area contributed by atoms with Gasteiger partial charge in [0.05, 0.1) is 17.4 Å². The molecule has 0 aromatic heterocycles. The summed E-state index contributed by atoms with van der Waals surface area (Å²) < 4.78 is 10.8. The van der Waals surface area contributed by atoms with Crippen molar-refractivity contribution in [3.05, 3.63) is 33.9 Å². The highest BCUT2D eigenvalue weighted by atomic mass is 16.6. The Morgan fingerprint density at radius 1 is 1.20 bits per heavy atom. The molecule has 1 aliphatic rings. The van der Waals surface area contributed by atoms with Crippen LogP contribution in [0.15, 0.2) is 18.2 Å². The van der Waals surface area contributed by atoms with E-state index < -0.39 is 16.5 Å². The Kier molecular flexibility index (Phi) is 7.64. The normalized spacial score (nSPS) is 15.5. The maximum Gasteiger partial charge on any atom is 0.410 e. The smallest absolute Gasteiger partial charge is 0.410 e. The number of rotatable bonds is 6. The summed E-state index contributed by atoms with van der Waals surface area (Å²) in [6, 6.07) is 4.51. The Labute approximate surface area is 177 Å². The number of nitro benzene ring substituents is 1. The largest absolute Gasteiger partial charge is 0.462 e. The predicted molar refractivity (Wildman–Crippen MR) is 113 cm³/mol. The Morgan fingerprint density at radius 2 is 1.83 bits per heavy atom. The fourth-order valence-corrected chi connectivity index (χ4v) is 3.10. The molecule has 0 N–H and O–H groups in total. The number of hydrogen-bond acceptors (Lipinski definition) is 7. The Balaban J connectivity index is 2.14. The van der Waals surface area contributed by atoms with Crippen molar-refractivity contribution in [3.63, 3.8) is 0 Å². The first-order valence-corrected chi connectivity index (χ1v) is 10.2. The topological polar surface area (TPSA) is 102 Å². The summed E-state index contributed by atoms with van der Waals surface area (Å²) in [6.07, 6.45) is 0.0774. The van der Waals surface area contributed by atoms with Crippen molar-refractivity contribution in [3.8, 4) is 0 Å². The molecule has 0 radical (unpaired) electrons. The molecule has 0 bridgehead atoms. The van der Waals surface area contributed by atoms with E-state index >= 15 is 0 Å². The number of non-ortho nitro benzene ring substituents is 1. The molecule has 1 atom stereocenters. The number of nitrogens with zero attached hydrogens (tertiary/aromatic N) is 3. The SMILES string of the molecule is CCC(C)OC(=O)Cc1cc([N+](=O)[O-])ccc1N1CCN(C(=O)OC(C)(C)C)CC1. The van der Waals surface area contributed by atoms with Gasteiger partial charge in [-0.25, -0.2) is 4.79 Å². The van der Waals surface area contributed by atoms with Crippen molar-refractivity contribution in [2.24, 2.45) is 0 Å². The van der Waals surface area contributed by atoms with Crippen LogP contribution in [0.2, 0.25) is 0 Å². The van der Waals surface area contributed by atoms with E-state index in [2.05, 4.69) is 0 Å². The number of piperazine rings is 1. The van der Waals surface area contributed by atoms with Gasteiger partial charge in [0.2, 0.25) is 0 Å². The third-order valence-corrected chi connectivity index (χ3v) is 4.79. The summed E-state index contributed by atoms with van der Waals surface area (Å²) in [4.78, 5) is 39.0. The van der Waals surface area contributed by atoms with Gasteiger partial charge in [-0.2, -0.15) is 0 Å². The lowest BCUT2D eigenvalue weighted by molar-refractivity contribution is -0.384. The molecule has 1 amide bonds. The van der Waals surface area contributed by atoms with Crippen molar-refractivity contribution in [1.82, 2.24) is 4.90 Å². The van der Waals surface area contributed by atoms with Crippen LogP contribution in [0.1, 0.15) is 46.6 Å². The number of nitro groups is 1. The molecule has 1 aromatic carbocycles. The van der Waals surface area contributed by atoms with Crippen LogP contribution in [0.25, 0.3) is 0 Å². The number of carbonyl (C=O) groups is 2. The second-order valence-electron chi connectivity index (χ2n) is 8.41. The zero-order valence-corrected chi connectivity index (χ0v) is 18.3. The van der Waals surface area contributed by atoms with E-state index in [1.807, 2.05) is 39.5 Å². The van der Waals surface area contributed by atoms with E-state index in [9.17, 15) is 19.7 Å². The second kappa shape index (κ2) is 9.77.